The number of likely N-dealkylation sites (N-methyl/N-ethyl adjacent to an activating group) is 1. The van der Waals surface area contributed by atoms with Gasteiger partial charge in [-0.25, -0.2) is 4.98 Å². The molecule has 5 rings (SSSR count). The van der Waals surface area contributed by atoms with Gasteiger partial charge in [-0.05, 0) is 57.7 Å². The zero-order chi connectivity index (χ0) is 25.1. The predicted molar refractivity (Wildman–Crippen MR) is 144 cm³/mol. The summed E-state index contributed by atoms with van der Waals surface area (Å²) in [4.78, 5) is 38.2. The lowest BCUT2D eigenvalue weighted by Crippen LogP contribution is -2.55. The van der Waals surface area contributed by atoms with Crippen molar-refractivity contribution >= 4 is 33.4 Å². The Labute approximate surface area is 216 Å². The van der Waals surface area contributed by atoms with Crippen LogP contribution in [-0.4, -0.2) is 52.4 Å². The number of nitrogens with one attached hydrogen (secondary N) is 2. The number of nitrogens with zero attached hydrogens (tertiary/aromatic N) is 3. The Morgan fingerprint density at radius 2 is 1.92 bits per heavy atom. The Morgan fingerprint density at radius 1 is 1.08 bits per heavy atom. The van der Waals surface area contributed by atoms with E-state index in [0.717, 1.165) is 64.9 Å². The molecule has 0 radical (unpaired) electrons. The van der Waals surface area contributed by atoms with Crippen molar-refractivity contribution in [1.29, 1.82) is 0 Å². The van der Waals surface area contributed by atoms with Crippen LogP contribution >= 0.6 is 11.3 Å². The summed E-state index contributed by atoms with van der Waals surface area (Å²) in [6.07, 6.45) is 10.9. The molecular formula is C28H35N5O2S. The number of carbonyl (C=O) groups excluding carboxylic acids is 2. The molecule has 2 amide bonds. The molecule has 1 saturated carbocycles. The predicted octanol–water partition coefficient (Wildman–Crippen LogP) is 4.69. The number of benzene rings is 1. The first-order chi connectivity index (χ1) is 17.6. The second-order valence-corrected chi connectivity index (χ2v) is 11.1. The smallest absolute Gasteiger partial charge is 0.246 e. The number of aromatic nitrogens is 2. The van der Waals surface area contributed by atoms with Crippen molar-refractivity contribution in [2.45, 2.75) is 70.0 Å². The van der Waals surface area contributed by atoms with E-state index in [1.165, 1.54) is 6.42 Å². The van der Waals surface area contributed by atoms with Crippen molar-refractivity contribution in [2.24, 2.45) is 5.92 Å². The standard InChI is InChI=1S/C28H35N5O2S/c1-18(29-2)26(34)31-24(19-9-4-3-5-10-19)28(35)33-16-8-13-22(33)27-32-25-21(12-6-14-23(25)36-27)20-11-7-15-30-17-20/h6-7,11-12,14-15,17-19,22,24,29H,3-5,8-10,13,16H2,1-2H3,(H,31,34)/t18-,22+,24-/m0/s1. The molecule has 190 valence electrons. The molecule has 2 aliphatic rings. The lowest BCUT2D eigenvalue weighted by atomic mass is 9.83. The molecule has 2 aromatic heterocycles. The molecule has 1 aliphatic heterocycles. The van der Waals surface area contributed by atoms with Crippen molar-refractivity contribution in [3.05, 3.63) is 47.7 Å². The molecule has 7 nitrogen and oxygen atoms in total. The third-order valence-corrected chi connectivity index (χ3v) is 8.86. The van der Waals surface area contributed by atoms with Gasteiger partial charge in [0.2, 0.25) is 11.8 Å². The van der Waals surface area contributed by atoms with E-state index in [1.54, 1.807) is 24.6 Å². The quantitative estimate of drug-likeness (QED) is 0.486. The maximum atomic E-state index is 14.0. The van der Waals surface area contributed by atoms with Gasteiger partial charge >= 0.3 is 0 Å². The van der Waals surface area contributed by atoms with Gasteiger partial charge in [-0.3, -0.25) is 14.6 Å². The summed E-state index contributed by atoms with van der Waals surface area (Å²) in [6.45, 7) is 2.53. The molecule has 1 aromatic carbocycles. The van der Waals surface area contributed by atoms with Crippen molar-refractivity contribution in [3.63, 3.8) is 0 Å². The minimum atomic E-state index is -0.477. The van der Waals surface area contributed by atoms with Crippen molar-refractivity contribution < 1.29 is 9.59 Å². The molecule has 0 unspecified atom stereocenters. The maximum absolute atomic E-state index is 14.0. The van der Waals surface area contributed by atoms with Gasteiger partial charge in [0.15, 0.2) is 0 Å². The van der Waals surface area contributed by atoms with E-state index in [-0.39, 0.29) is 29.8 Å². The van der Waals surface area contributed by atoms with E-state index in [9.17, 15) is 9.59 Å². The molecule has 2 fully saturated rings. The van der Waals surface area contributed by atoms with E-state index in [4.69, 9.17) is 4.98 Å². The van der Waals surface area contributed by atoms with Crippen LogP contribution in [-0.2, 0) is 9.59 Å². The van der Waals surface area contributed by atoms with E-state index in [1.807, 2.05) is 24.1 Å². The average Bonchev–Trinajstić information content (AvgIpc) is 3.59. The van der Waals surface area contributed by atoms with Crippen LogP contribution in [0.2, 0.25) is 0 Å². The lowest BCUT2D eigenvalue weighted by Gasteiger charge is -2.35. The first-order valence-electron chi connectivity index (χ1n) is 13.1. The molecule has 2 N–H and O–H groups in total. The van der Waals surface area contributed by atoms with Gasteiger partial charge in [-0.15, -0.1) is 11.3 Å². The number of carbonyl (C=O) groups is 2. The number of rotatable bonds is 7. The average molecular weight is 506 g/mol. The third kappa shape index (κ3) is 5.02. The first-order valence-corrected chi connectivity index (χ1v) is 14.0. The highest BCUT2D eigenvalue weighted by molar-refractivity contribution is 7.18. The minimum absolute atomic E-state index is 0.0489. The van der Waals surface area contributed by atoms with Crippen LogP contribution in [0.25, 0.3) is 21.3 Å². The van der Waals surface area contributed by atoms with Gasteiger partial charge in [0, 0.05) is 30.1 Å². The fraction of sp³-hybridized carbons (Fsp3) is 0.500. The largest absolute Gasteiger partial charge is 0.343 e. The van der Waals surface area contributed by atoms with Gasteiger partial charge in [0.1, 0.15) is 11.0 Å². The summed E-state index contributed by atoms with van der Waals surface area (Å²) in [5.74, 6) is 0.124. The molecule has 0 spiro atoms. The second kappa shape index (κ2) is 11.0. The van der Waals surface area contributed by atoms with E-state index in [0.29, 0.717) is 6.54 Å². The number of likely N-dealkylation sites (tertiary alicyclic amines) is 1. The summed E-state index contributed by atoms with van der Waals surface area (Å²) in [7, 11) is 1.77. The van der Waals surface area contributed by atoms with E-state index in [2.05, 4.69) is 39.9 Å². The number of hydrogen-bond donors (Lipinski definition) is 2. The fourth-order valence-corrected chi connectivity index (χ4v) is 6.73. The Bertz CT molecular complexity index is 1210. The fourth-order valence-electron chi connectivity index (χ4n) is 5.59. The van der Waals surface area contributed by atoms with E-state index < -0.39 is 6.04 Å². The Kier molecular flexibility index (Phi) is 7.62. The summed E-state index contributed by atoms with van der Waals surface area (Å²) in [6, 6.07) is 9.36. The monoisotopic (exact) mass is 505 g/mol. The van der Waals surface area contributed by atoms with Crippen LogP contribution in [0.5, 0.6) is 0 Å². The van der Waals surface area contributed by atoms with Crippen LogP contribution in [0.1, 0.15) is 62.9 Å². The molecule has 3 aromatic rings. The number of fused-ring (bicyclic) bond motifs is 1. The van der Waals surface area contributed by atoms with Crippen LogP contribution in [0.4, 0.5) is 0 Å². The SMILES string of the molecule is CN[C@@H](C)C(=O)N[C@H](C(=O)N1CCC[C@@H]1c1nc2c(-c3cccnc3)cccc2s1)C1CCCCC1. The van der Waals surface area contributed by atoms with Crippen molar-refractivity contribution in [2.75, 3.05) is 13.6 Å². The summed E-state index contributed by atoms with van der Waals surface area (Å²) >= 11 is 1.67. The number of hydrogen-bond acceptors (Lipinski definition) is 6. The number of para-hydroxylation sites is 1. The summed E-state index contributed by atoms with van der Waals surface area (Å²) < 4.78 is 1.12. The Morgan fingerprint density at radius 3 is 2.67 bits per heavy atom. The van der Waals surface area contributed by atoms with Crippen molar-refractivity contribution in [3.8, 4) is 11.1 Å². The summed E-state index contributed by atoms with van der Waals surface area (Å²) in [5.41, 5.74) is 3.06. The van der Waals surface area contributed by atoms with Gasteiger partial charge in [-0.1, -0.05) is 37.5 Å². The first kappa shape index (κ1) is 24.8. The molecule has 36 heavy (non-hydrogen) atoms. The van der Waals surface area contributed by atoms with Gasteiger partial charge in [0.05, 0.1) is 22.3 Å². The number of thiazole rings is 1. The normalized spacial score (nSPS) is 20.4. The molecule has 3 atom stereocenters. The second-order valence-electron chi connectivity index (χ2n) is 10.0. The highest BCUT2D eigenvalue weighted by atomic mass is 32.1. The molecule has 0 bridgehead atoms. The lowest BCUT2D eigenvalue weighted by molar-refractivity contribution is -0.139. The Balaban J connectivity index is 1.44. The van der Waals surface area contributed by atoms with Crippen LogP contribution in [0.15, 0.2) is 42.7 Å². The maximum Gasteiger partial charge on any atom is 0.246 e. The van der Waals surface area contributed by atoms with Gasteiger partial charge in [0.25, 0.3) is 0 Å². The highest BCUT2D eigenvalue weighted by Crippen LogP contribution is 2.40. The third-order valence-electron chi connectivity index (χ3n) is 7.74. The molecular weight excluding hydrogens is 470 g/mol. The van der Waals surface area contributed by atoms with Crippen LogP contribution < -0.4 is 10.6 Å². The molecule has 8 heteroatoms. The van der Waals surface area contributed by atoms with Gasteiger partial charge in [-0.2, -0.15) is 0 Å². The van der Waals surface area contributed by atoms with Crippen LogP contribution in [0.3, 0.4) is 0 Å². The number of amides is 2. The highest BCUT2D eigenvalue weighted by Gasteiger charge is 2.40. The molecule has 1 aliphatic carbocycles. The number of pyridine rings is 1. The van der Waals surface area contributed by atoms with Crippen LogP contribution in [0, 0.1) is 5.92 Å². The molecule has 1 saturated heterocycles. The zero-order valence-corrected chi connectivity index (χ0v) is 21.9. The van der Waals surface area contributed by atoms with Gasteiger partial charge < -0.3 is 15.5 Å². The van der Waals surface area contributed by atoms with Crippen molar-refractivity contribution in [1.82, 2.24) is 25.5 Å². The molecule has 3 heterocycles. The minimum Gasteiger partial charge on any atom is -0.343 e. The topological polar surface area (TPSA) is 87.2 Å². The van der Waals surface area contributed by atoms with E-state index >= 15 is 0 Å². The Hall–Kier alpha value is -2.84. The zero-order valence-electron chi connectivity index (χ0n) is 21.1. The summed E-state index contributed by atoms with van der Waals surface area (Å²) in [5, 5.41) is 7.10.